The number of amides is 1. The topological polar surface area (TPSA) is 88.6 Å². The fourth-order valence-electron chi connectivity index (χ4n) is 6.68. The highest BCUT2D eigenvalue weighted by atomic mass is 16.2. The zero-order valence-corrected chi connectivity index (χ0v) is 23.7. The molecule has 6 heteroatoms. The number of piperidine rings is 1. The third-order valence-electron chi connectivity index (χ3n) is 9.24. The van der Waals surface area contributed by atoms with Gasteiger partial charge in [-0.25, -0.2) is 0 Å². The quantitative estimate of drug-likeness (QED) is 0.349. The van der Waals surface area contributed by atoms with Crippen molar-refractivity contribution in [3.8, 4) is 0 Å². The van der Waals surface area contributed by atoms with Crippen LogP contribution in [0.25, 0.3) is 0 Å². The lowest BCUT2D eigenvalue weighted by molar-refractivity contribution is -0.148. The monoisotopic (exact) mass is 501 g/mol. The molecule has 0 N–H and O–H groups in total. The summed E-state index contributed by atoms with van der Waals surface area (Å²) < 4.78 is 0. The number of likely N-dealkylation sites (tertiary alicyclic amines) is 1. The molecule has 1 saturated heterocycles. The standard InChI is InChI=1S/C30H47NO5/c1-17(2)12-21(33)15-22(29(4,5)6)28(36)31-16-23-25(30(23,7)8)26(31)24(34)14-20(27(35)18(3)32)13-19-10-9-11-19/h17,19-20,22-23,25-26H,9-16H2,1-8H3/t20-,22+,23-,25-,26+/m0/s1. The van der Waals surface area contributed by atoms with Crippen LogP contribution in [-0.2, 0) is 24.0 Å². The van der Waals surface area contributed by atoms with Gasteiger partial charge < -0.3 is 4.90 Å². The Labute approximate surface area is 217 Å². The molecule has 1 heterocycles. The molecule has 0 aromatic carbocycles. The van der Waals surface area contributed by atoms with Gasteiger partial charge in [0, 0.05) is 44.6 Å². The van der Waals surface area contributed by atoms with Gasteiger partial charge in [0.05, 0.1) is 6.04 Å². The zero-order chi connectivity index (χ0) is 27.2. The molecule has 1 amide bonds. The first-order chi connectivity index (χ1) is 16.6. The molecule has 0 aromatic rings. The molecule has 0 bridgehead atoms. The molecule has 3 rings (SSSR count). The maximum Gasteiger partial charge on any atom is 0.227 e. The van der Waals surface area contributed by atoms with Crippen molar-refractivity contribution in [2.45, 2.75) is 106 Å². The van der Waals surface area contributed by atoms with E-state index in [0.717, 1.165) is 19.3 Å². The van der Waals surface area contributed by atoms with Crippen LogP contribution < -0.4 is 0 Å². The van der Waals surface area contributed by atoms with Gasteiger partial charge in [0.1, 0.15) is 5.78 Å². The summed E-state index contributed by atoms with van der Waals surface area (Å²) in [5, 5.41) is 0. The molecule has 202 valence electrons. The highest BCUT2D eigenvalue weighted by molar-refractivity contribution is 6.37. The van der Waals surface area contributed by atoms with Crippen LogP contribution >= 0.6 is 0 Å². The van der Waals surface area contributed by atoms with Gasteiger partial charge >= 0.3 is 0 Å². The maximum absolute atomic E-state index is 14.0. The van der Waals surface area contributed by atoms with Gasteiger partial charge in [-0.1, -0.05) is 67.7 Å². The average molecular weight is 502 g/mol. The summed E-state index contributed by atoms with van der Waals surface area (Å²) in [5.74, 6) is -1.22. The van der Waals surface area contributed by atoms with Crippen molar-refractivity contribution in [3.63, 3.8) is 0 Å². The van der Waals surface area contributed by atoms with Crippen molar-refractivity contribution in [1.82, 2.24) is 4.90 Å². The summed E-state index contributed by atoms with van der Waals surface area (Å²) in [7, 11) is 0. The van der Waals surface area contributed by atoms with Gasteiger partial charge in [0.2, 0.25) is 11.7 Å². The number of rotatable bonds is 12. The van der Waals surface area contributed by atoms with Crippen LogP contribution in [0.15, 0.2) is 0 Å². The minimum Gasteiger partial charge on any atom is -0.332 e. The summed E-state index contributed by atoms with van der Waals surface area (Å²) in [6, 6.07) is -0.578. The summed E-state index contributed by atoms with van der Waals surface area (Å²) in [4.78, 5) is 66.9. The Balaban J connectivity index is 1.83. The van der Waals surface area contributed by atoms with E-state index < -0.39 is 34.9 Å². The van der Waals surface area contributed by atoms with E-state index >= 15 is 0 Å². The minimum atomic E-state index is -0.593. The molecule has 0 unspecified atom stereocenters. The smallest absolute Gasteiger partial charge is 0.227 e. The van der Waals surface area contributed by atoms with Crippen LogP contribution in [0.3, 0.4) is 0 Å². The van der Waals surface area contributed by atoms with Crippen LogP contribution in [0.5, 0.6) is 0 Å². The Kier molecular flexibility index (Phi) is 8.37. The zero-order valence-electron chi connectivity index (χ0n) is 23.7. The Morgan fingerprint density at radius 3 is 2.06 bits per heavy atom. The molecule has 0 radical (unpaired) electrons. The number of nitrogens with zero attached hydrogens (tertiary/aromatic N) is 1. The molecule has 0 aromatic heterocycles. The van der Waals surface area contributed by atoms with Crippen LogP contribution in [0, 0.1) is 46.3 Å². The van der Waals surface area contributed by atoms with Crippen molar-refractivity contribution in [2.75, 3.05) is 6.54 Å². The molecule has 6 nitrogen and oxygen atoms in total. The van der Waals surface area contributed by atoms with E-state index in [2.05, 4.69) is 13.8 Å². The lowest BCUT2D eigenvalue weighted by Gasteiger charge is -2.38. The van der Waals surface area contributed by atoms with Gasteiger partial charge in [0.25, 0.3) is 0 Å². The molecule has 3 fully saturated rings. The van der Waals surface area contributed by atoms with Gasteiger partial charge in [-0.05, 0) is 40.9 Å². The van der Waals surface area contributed by atoms with Crippen LogP contribution in [0.2, 0.25) is 0 Å². The molecule has 2 saturated carbocycles. The minimum absolute atomic E-state index is 0.0229. The highest BCUT2D eigenvalue weighted by Crippen LogP contribution is 2.65. The highest BCUT2D eigenvalue weighted by Gasteiger charge is 2.69. The third kappa shape index (κ3) is 5.99. The first-order valence-corrected chi connectivity index (χ1v) is 13.9. The first-order valence-electron chi connectivity index (χ1n) is 13.9. The third-order valence-corrected chi connectivity index (χ3v) is 9.24. The first kappa shape index (κ1) is 28.7. The summed E-state index contributed by atoms with van der Waals surface area (Å²) in [6.07, 6.45) is 4.44. The Hall–Kier alpha value is -1.85. The normalized spacial score (nSPS) is 26.7. The molecule has 2 aliphatic carbocycles. The fourth-order valence-corrected chi connectivity index (χ4v) is 6.68. The second-order valence-electron chi connectivity index (χ2n) is 14.0. The Morgan fingerprint density at radius 1 is 0.972 bits per heavy atom. The van der Waals surface area contributed by atoms with E-state index in [9.17, 15) is 24.0 Å². The van der Waals surface area contributed by atoms with Crippen LogP contribution in [0.4, 0.5) is 0 Å². The van der Waals surface area contributed by atoms with Crippen molar-refractivity contribution in [3.05, 3.63) is 0 Å². The van der Waals surface area contributed by atoms with E-state index in [1.807, 2.05) is 34.6 Å². The number of hydrogen-bond acceptors (Lipinski definition) is 5. The number of carbonyl (C=O) groups is 5. The number of ketones is 4. The second-order valence-corrected chi connectivity index (χ2v) is 14.0. The summed E-state index contributed by atoms with van der Waals surface area (Å²) in [6.45, 7) is 16.0. The Morgan fingerprint density at radius 2 is 1.58 bits per heavy atom. The molecular formula is C30H47NO5. The van der Waals surface area contributed by atoms with Gasteiger partial charge in [-0.2, -0.15) is 0 Å². The number of fused-ring (bicyclic) bond motifs is 1. The van der Waals surface area contributed by atoms with Crippen molar-refractivity contribution in [2.24, 2.45) is 46.3 Å². The maximum atomic E-state index is 14.0. The molecule has 3 aliphatic rings. The summed E-state index contributed by atoms with van der Waals surface area (Å²) in [5.41, 5.74) is -0.452. The van der Waals surface area contributed by atoms with Gasteiger partial charge in [-0.15, -0.1) is 0 Å². The van der Waals surface area contributed by atoms with Crippen molar-refractivity contribution in [1.29, 1.82) is 0 Å². The predicted octanol–water partition coefficient (Wildman–Crippen LogP) is 5.06. The lowest BCUT2D eigenvalue weighted by atomic mass is 9.75. The molecule has 36 heavy (non-hydrogen) atoms. The SMILES string of the molecule is CC(=O)C(=O)[C@H](CC(=O)[C@@H]1[C@@H]2[C@H](CN1C(=O)[C@@H](CC(=O)CC(C)C)C(C)(C)C)C2(C)C)CC1CCC1. The Bertz CT molecular complexity index is 907. The second kappa shape index (κ2) is 10.5. The van der Waals surface area contributed by atoms with Crippen molar-refractivity contribution < 1.29 is 24.0 Å². The van der Waals surface area contributed by atoms with Crippen LogP contribution in [0.1, 0.15) is 100 Å². The molecule has 5 atom stereocenters. The number of hydrogen-bond donors (Lipinski definition) is 0. The average Bonchev–Trinajstić information content (AvgIpc) is 3.06. The van der Waals surface area contributed by atoms with E-state index in [-0.39, 0.29) is 53.5 Å². The molecular weight excluding hydrogens is 454 g/mol. The van der Waals surface area contributed by atoms with E-state index in [0.29, 0.717) is 25.3 Å². The van der Waals surface area contributed by atoms with E-state index in [1.165, 1.54) is 6.92 Å². The van der Waals surface area contributed by atoms with Crippen LogP contribution in [-0.4, -0.2) is 46.5 Å². The predicted molar refractivity (Wildman–Crippen MR) is 139 cm³/mol. The lowest BCUT2D eigenvalue weighted by Crippen LogP contribution is -2.50. The largest absolute Gasteiger partial charge is 0.332 e. The van der Waals surface area contributed by atoms with Gasteiger partial charge in [-0.3, -0.25) is 24.0 Å². The number of carbonyl (C=O) groups excluding carboxylic acids is 5. The van der Waals surface area contributed by atoms with E-state index in [1.54, 1.807) is 4.90 Å². The fraction of sp³-hybridized carbons (Fsp3) is 0.833. The molecule has 1 aliphatic heterocycles. The van der Waals surface area contributed by atoms with Gasteiger partial charge in [0.15, 0.2) is 11.6 Å². The van der Waals surface area contributed by atoms with Crippen molar-refractivity contribution >= 4 is 29.0 Å². The van der Waals surface area contributed by atoms with E-state index in [4.69, 9.17) is 0 Å². The number of Topliss-reactive ketones (excluding diaryl/α,β-unsaturated/α-hetero) is 4. The summed E-state index contributed by atoms with van der Waals surface area (Å²) >= 11 is 0. The molecule has 0 spiro atoms.